The van der Waals surface area contributed by atoms with Crippen LogP contribution in [0.1, 0.15) is 35.4 Å². The maximum atomic E-state index is 12.1. The summed E-state index contributed by atoms with van der Waals surface area (Å²) in [4.78, 5) is 23.6. The number of benzene rings is 1. The number of esters is 1. The summed E-state index contributed by atoms with van der Waals surface area (Å²) < 4.78 is 5.24. The summed E-state index contributed by atoms with van der Waals surface area (Å²) in [5.74, 6) is -0.587. The van der Waals surface area contributed by atoms with E-state index in [0.29, 0.717) is 16.7 Å². The van der Waals surface area contributed by atoms with Crippen molar-refractivity contribution in [3.63, 3.8) is 0 Å². The van der Waals surface area contributed by atoms with Crippen molar-refractivity contribution >= 4 is 11.8 Å². The van der Waals surface area contributed by atoms with Crippen LogP contribution >= 0.6 is 0 Å². The molecule has 92 valence electrons. The number of fused-ring (bicyclic) bond motifs is 1. The molecule has 0 fully saturated rings. The van der Waals surface area contributed by atoms with Gasteiger partial charge in [-0.25, -0.2) is 4.79 Å². The Kier molecular flexibility index (Phi) is 2.19. The van der Waals surface area contributed by atoms with E-state index in [0.717, 1.165) is 0 Å². The van der Waals surface area contributed by atoms with Gasteiger partial charge in [0.1, 0.15) is 6.10 Å². The molecule has 3 rings (SSSR count). The molecule has 1 aliphatic heterocycles. The van der Waals surface area contributed by atoms with E-state index in [4.69, 9.17) is 4.74 Å². The fourth-order valence-corrected chi connectivity index (χ4v) is 2.63. The summed E-state index contributed by atoms with van der Waals surface area (Å²) in [6.45, 7) is 1.62. The van der Waals surface area contributed by atoms with Crippen molar-refractivity contribution in [3.8, 4) is 0 Å². The number of hydrogen-bond acceptors (Lipinski definition) is 4. The van der Waals surface area contributed by atoms with Gasteiger partial charge in [-0.1, -0.05) is 24.3 Å². The van der Waals surface area contributed by atoms with E-state index in [9.17, 15) is 14.7 Å². The van der Waals surface area contributed by atoms with Gasteiger partial charge >= 0.3 is 5.97 Å². The molecule has 1 heterocycles. The zero-order valence-corrected chi connectivity index (χ0v) is 9.84. The molecule has 1 spiro atoms. The molecule has 2 atom stereocenters. The quantitative estimate of drug-likeness (QED) is 0.703. The number of aliphatic hydroxyl groups excluding tert-OH is 1. The first-order valence-corrected chi connectivity index (χ1v) is 5.76. The SMILES string of the molecule is CC1=C[C@@]2(CC(=O)c3ccccc3[C@@H]2O)OC1=O. The Hall–Kier alpha value is -1.94. The summed E-state index contributed by atoms with van der Waals surface area (Å²) in [5, 5.41) is 10.4. The molecular weight excluding hydrogens is 232 g/mol. The molecule has 1 aromatic carbocycles. The van der Waals surface area contributed by atoms with Crippen LogP contribution in [0.3, 0.4) is 0 Å². The highest BCUT2D eigenvalue weighted by Crippen LogP contribution is 2.44. The predicted octanol–water partition coefficient (Wildman–Crippen LogP) is 1.55. The highest BCUT2D eigenvalue weighted by Gasteiger charge is 2.50. The summed E-state index contributed by atoms with van der Waals surface area (Å²) in [7, 11) is 0. The lowest BCUT2D eigenvalue weighted by Gasteiger charge is -2.35. The molecule has 0 aromatic heterocycles. The minimum atomic E-state index is -1.22. The summed E-state index contributed by atoms with van der Waals surface area (Å²) in [6.07, 6.45) is 0.565. The first-order chi connectivity index (χ1) is 8.53. The predicted molar refractivity (Wildman–Crippen MR) is 62.9 cm³/mol. The normalized spacial score (nSPS) is 30.1. The Balaban J connectivity index is 2.14. The second-order valence-electron chi connectivity index (χ2n) is 4.76. The molecular formula is C14H12O4. The van der Waals surface area contributed by atoms with Gasteiger partial charge in [-0.3, -0.25) is 4.79 Å². The molecule has 0 amide bonds. The second-order valence-corrected chi connectivity index (χ2v) is 4.76. The maximum absolute atomic E-state index is 12.1. The fourth-order valence-electron chi connectivity index (χ4n) is 2.63. The minimum Gasteiger partial charge on any atom is -0.448 e. The first-order valence-electron chi connectivity index (χ1n) is 5.76. The molecule has 0 saturated carbocycles. The summed E-state index contributed by atoms with van der Waals surface area (Å²) >= 11 is 0. The molecule has 0 bridgehead atoms. The Morgan fingerprint density at radius 2 is 2.06 bits per heavy atom. The van der Waals surface area contributed by atoms with Gasteiger partial charge in [0.05, 0.1) is 6.42 Å². The van der Waals surface area contributed by atoms with Gasteiger partial charge in [0.15, 0.2) is 11.4 Å². The van der Waals surface area contributed by atoms with Gasteiger partial charge in [0, 0.05) is 11.1 Å². The summed E-state index contributed by atoms with van der Waals surface area (Å²) in [5.41, 5.74) is 0.241. The molecule has 0 unspecified atom stereocenters. The van der Waals surface area contributed by atoms with Crippen molar-refractivity contribution in [1.82, 2.24) is 0 Å². The number of aliphatic hydroxyl groups is 1. The Morgan fingerprint density at radius 1 is 1.33 bits per heavy atom. The van der Waals surface area contributed by atoms with Crippen LogP contribution in [0.4, 0.5) is 0 Å². The zero-order chi connectivity index (χ0) is 12.9. The number of Topliss-reactive ketones (excluding diaryl/α,β-unsaturated/α-hetero) is 1. The van der Waals surface area contributed by atoms with E-state index in [1.807, 2.05) is 0 Å². The average Bonchev–Trinajstić information content (AvgIpc) is 2.63. The Bertz CT molecular complexity index is 587. The van der Waals surface area contributed by atoms with Gasteiger partial charge < -0.3 is 9.84 Å². The smallest absolute Gasteiger partial charge is 0.334 e. The van der Waals surface area contributed by atoms with Crippen molar-refractivity contribution in [1.29, 1.82) is 0 Å². The van der Waals surface area contributed by atoms with E-state index in [1.54, 1.807) is 37.3 Å². The third-order valence-corrected chi connectivity index (χ3v) is 3.52. The van der Waals surface area contributed by atoms with Crippen molar-refractivity contribution in [2.45, 2.75) is 25.0 Å². The second kappa shape index (κ2) is 3.53. The molecule has 1 aliphatic carbocycles. The third-order valence-electron chi connectivity index (χ3n) is 3.52. The average molecular weight is 244 g/mol. The Labute approximate surface area is 104 Å². The minimum absolute atomic E-state index is 0.00569. The molecule has 4 heteroatoms. The van der Waals surface area contributed by atoms with Crippen LogP contribution in [0.15, 0.2) is 35.9 Å². The topological polar surface area (TPSA) is 63.6 Å². The van der Waals surface area contributed by atoms with Crippen LogP contribution in [0, 0.1) is 0 Å². The molecule has 0 saturated heterocycles. The maximum Gasteiger partial charge on any atom is 0.334 e. The third kappa shape index (κ3) is 1.36. The van der Waals surface area contributed by atoms with Gasteiger partial charge in [0.2, 0.25) is 0 Å². The standard InChI is InChI=1S/C14H12O4/c1-8-6-14(18-13(8)17)7-11(15)9-4-2-3-5-10(9)12(14)16/h2-6,12,16H,7H2,1H3/t12-,14-/m0/s1. The molecule has 1 aromatic rings. The van der Waals surface area contributed by atoms with Crippen LogP contribution in [0.5, 0.6) is 0 Å². The van der Waals surface area contributed by atoms with Gasteiger partial charge in [-0.15, -0.1) is 0 Å². The largest absolute Gasteiger partial charge is 0.448 e. The van der Waals surface area contributed by atoms with Crippen molar-refractivity contribution in [2.24, 2.45) is 0 Å². The Morgan fingerprint density at radius 3 is 2.72 bits per heavy atom. The number of ketones is 1. The van der Waals surface area contributed by atoms with E-state index in [-0.39, 0.29) is 12.2 Å². The molecule has 0 radical (unpaired) electrons. The van der Waals surface area contributed by atoms with Crippen molar-refractivity contribution < 1.29 is 19.4 Å². The van der Waals surface area contributed by atoms with Gasteiger partial charge in [0.25, 0.3) is 0 Å². The highest BCUT2D eigenvalue weighted by atomic mass is 16.6. The summed E-state index contributed by atoms with van der Waals surface area (Å²) in [6, 6.07) is 6.88. The van der Waals surface area contributed by atoms with Crippen LogP contribution < -0.4 is 0 Å². The van der Waals surface area contributed by atoms with E-state index >= 15 is 0 Å². The number of carbonyl (C=O) groups excluding carboxylic acids is 2. The number of carbonyl (C=O) groups is 2. The van der Waals surface area contributed by atoms with Crippen LogP contribution in [0.25, 0.3) is 0 Å². The lowest BCUT2D eigenvalue weighted by Crippen LogP contribution is -2.42. The van der Waals surface area contributed by atoms with E-state index in [1.165, 1.54) is 0 Å². The van der Waals surface area contributed by atoms with Crippen molar-refractivity contribution in [3.05, 3.63) is 47.0 Å². The lowest BCUT2D eigenvalue weighted by atomic mass is 9.77. The van der Waals surface area contributed by atoms with E-state index < -0.39 is 17.7 Å². The van der Waals surface area contributed by atoms with Crippen LogP contribution in [0.2, 0.25) is 0 Å². The molecule has 1 N–H and O–H groups in total. The highest BCUT2D eigenvalue weighted by molar-refractivity contribution is 6.01. The van der Waals surface area contributed by atoms with Gasteiger partial charge in [-0.2, -0.15) is 0 Å². The zero-order valence-electron chi connectivity index (χ0n) is 9.84. The lowest BCUT2D eigenvalue weighted by molar-refractivity contribution is -0.156. The van der Waals surface area contributed by atoms with Crippen LogP contribution in [-0.4, -0.2) is 22.5 Å². The number of hydrogen-bond donors (Lipinski definition) is 1. The first kappa shape index (κ1) is 11.2. The van der Waals surface area contributed by atoms with Crippen molar-refractivity contribution in [2.75, 3.05) is 0 Å². The van der Waals surface area contributed by atoms with Crippen LogP contribution in [-0.2, 0) is 9.53 Å². The molecule has 4 nitrogen and oxygen atoms in total. The van der Waals surface area contributed by atoms with E-state index in [2.05, 4.69) is 0 Å². The monoisotopic (exact) mass is 244 g/mol. The molecule has 18 heavy (non-hydrogen) atoms. The fraction of sp³-hybridized carbons (Fsp3) is 0.286. The van der Waals surface area contributed by atoms with Gasteiger partial charge in [-0.05, 0) is 18.6 Å². The molecule has 2 aliphatic rings. The number of ether oxygens (including phenoxy) is 1. The number of rotatable bonds is 0.